The van der Waals surface area contributed by atoms with Crippen molar-refractivity contribution < 1.29 is 22.6 Å². The van der Waals surface area contributed by atoms with E-state index in [2.05, 4.69) is 10.1 Å². The van der Waals surface area contributed by atoms with Crippen molar-refractivity contribution >= 4 is 11.0 Å². The number of hydrogen-bond acceptors (Lipinski definition) is 6. The minimum Gasteiger partial charge on any atom is -0.488 e. The molecular weight excluding hydrogens is 427 g/mol. The SMILES string of the molecule is CC(c1nc2c(cnn2C2CCOCC2)c(=O)[nH]1)N1CC(Oc2cc(F)c(F)c(F)c2)C1. The van der Waals surface area contributed by atoms with Gasteiger partial charge in [0.2, 0.25) is 0 Å². The molecule has 32 heavy (non-hydrogen) atoms. The molecule has 1 unspecified atom stereocenters. The second-order valence-corrected chi connectivity index (χ2v) is 8.19. The molecule has 170 valence electrons. The quantitative estimate of drug-likeness (QED) is 0.603. The van der Waals surface area contributed by atoms with Gasteiger partial charge in [0.1, 0.15) is 23.1 Å². The highest BCUT2D eigenvalue weighted by molar-refractivity contribution is 5.73. The van der Waals surface area contributed by atoms with Crippen molar-refractivity contribution in [3.8, 4) is 5.75 Å². The summed E-state index contributed by atoms with van der Waals surface area (Å²) in [7, 11) is 0. The Kier molecular flexibility index (Phi) is 5.38. The maximum Gasteiger partial charge on any atom is 0.262 e. The van der Waals surface area contributed by atoms with Crippen LogP contribution in [0.5, 0.6) is 5.75 Å². The van der Waals surface area contributed by atoms with E-state index in [1.54, 1.807) is 6.20 Å². The van der Waals surface area contributed by atoms with Crippen LogP contribution < -0.4 is 10.3 Å². The molecule has 11 heteroatoms. The molecule has 4 heterocycles. The number of H-pyrrole nitrogens is 1. The number of likely N-dealkylation sites (tertiary alicyclic amines) is 1. The molecule has 5 rings (SSSR count). The Balaban J connectivity index is 1.30. The van der Waals surface area contributed by atoms with E-state index < -0.39 is 17.5 Å². The highest BCUT2D eigenvalue weighted by Gasteiger charge is 2.34. The minimum absolute atomic E-state index is 0.0629. The summed E-state index contributed by atoms with van der Waals surface area (Å²) in [5, 5.41) is 4.84. The van der Waals surface area contributed by atoms with Gasteiger partial charge in [0, 0.05) is 38.4 Å². The third-order valence-electron chi connectivity index (χ3n) is 6.10. The normalized spacial score (nSPS) is 19.2. The van der Waals surface area contributed by atoms with Gasteiger partial charge in [0.15, 0.2) is 23.1 Å². The molecule has 2 aliphatic rings. The molecule has 2 saturated heterocycles. The molecular formula is C21H22F3N5O3. The van der Waals surface area contributed by atoms with Crippen LogP contribution in [0.2, 0.25) is 0 Å². The predicted octanol–water partition coefficient (Wildman–Crippen LogP) is 2.71. The van der Waals surface area contributed by atoms with Gasteiger partial charge in [-0.15, -0.1) is 0 Å². The fourth-order valence-corrected chi connectivity index (χ4v) is 4.17. The third kappa shape index (κ3) is 3.75. The van der Waals surface area contributed by atoms with Crippen molar-refractivity contribution in [1.82, 2.24) is 24.6 Å². The van der Waals surface area contributed by atoms with Crippen LogP contribution in [0.25, 0.3) is 11.0 Å². The summed E-state index contributed by atoms with van der Waals surface area (Å²) in [6.07, 6.45) is 2.85. The van der Waals surface area contributed by atoms with Gasteiger partial charge in [0.25, 0.3) is 5.56 Å². The fraction of sp³-hybridized carbons (Fsp3) is 0.476. The second kappa shape index (κ2) is 8.21. The molecule has 1 atom stereocenters. The largest absolute Gasteiger partial charge is 0.488 e. The molecule has 8 nitrogen and oxygen atoms in total. The van der Waals surface area contributed by atoms with Gasteiger partial charge in [0.05, 0.1) is 18.3 Å². The zero-order chi connectivity index (χ0) is 22.4. The number of rotatable bonds is 5. The summed E-state index contributed by atoms with van der Waals surface area (Å²) >= 11 is 0. The first-order chi connectivity index (χ1) is 15.4. The first kappa shape index (κ1) is 21.0. The highest BCUT2D eigenvalue weighted by atomic mass is 19.2. The smallest absolute Gasteiger partial charge is 0.262 e. The van der Waals surface area contributed by atoms with Crippen LogP contribution >= 0.6 is 0 Å². The van der Waals surface area contributed by atoms with Crippen molar-refractivity contribution in [3.63, 3.8) is 0 Å². The Morgan fingerprint density at radius 1 is 1.19 bits per heavy atom. The summed E-state index contributed by atoms with van der Waals surface area (Å²) in [6.45, 7) is 4.13. The number of aromatic amines is 1. The van der Waals surface area contributed by atoms with E-state index in [1.165, 1.54) is 0 Å². The minimum atomic E-state index is -1.52. The van der Waals surface area contributed by atoms with Crippen molar-refractivity contribution in [2.45, 2.75) is 38.0 Å². The predicted molar refractivity (Wildman–Crippen MR) is 108 cm³/mol. The molecule has 2 aromatic heterocycles. The summed E-state index contributed by atoms with van der Waals surface area (Å²) in [6, 6.07) is 1.58. The number of hydrogen-bond donors (Lipinski definition) is 1. The molecule has 0 amide bonds. The Bertz CT molecular complexity index is 1180. The Morgan fingerprint density at radius 2 is 1.88 bits per heavy atom. The number of nitrogens with zero attached hydrogens (tertiary/aromatic N) is 4. The van der Waals surface area contributed by atoms with Gasteiger partial charge in [-0.05, 0) is 19.8 Å². The van der Waals surface area contributed by atoms with E-state index in [-0.39, 0.29) is 29.5 Å². The number of benzene rings is 1. The van der Waals surface area contributed by atoms with Crippen molar-refractivity contribution in [2.75, 3.05) is 26.3 Å². The molecule has 3 aromatic rings. The number of nitrogens with one attached hydrogen (secondary N) is 1. The average molecular weight is 449 g/mol. The molecule has 0 saturated carbocycles. The van der Waals surface area contributed by atoms with Gasteiger partial charge in [-0.3, -0.25) is 9.69 Å². The molecule has 0 bridgehead atoms. The zero-order valence-electron chi connectivity index (χ0n) is 17.4. The van der Waals surface area contributed by atoms with Crippen molar-refractivity contribution in [3.05, 3.63) is 52.0 Å². The molecule has 0 spiro atoms. The third-order valence-corrected chi connectivity index (χ3v) is 6.10. The summed E-state index contributed by atoms with van der Waals surface area (Å²) < 4.78 is 52.6. The summed E-state index contributed by atoms with van der Waals surface area (Å²) in [4.78, 5) is 22.2. The molecule has 1 N–H and O–H groups in total. The number of halogens is 3. The number of ether oxygens (including phenoxy) is 2. The van der Waals surface area contributed by atoms with Crippen LogP contribution in [0.3, 0.4) is 0 Å². The van der Waals surface area contributed by atoms with Crippen LogP contribution in [0.4, 0.5) is 13.2 Å². The van der Waals surface area contributed by atoms with E-state index in [0.717, 1.165) is 25.0 Å². The standard InChI is InChI=1S/C21H22F3N5O3/c1-11(28-9-14(10-28)32-13-6-16(22)18(24)17(23)7-13)19-26-20-15(21(30)27-19)8-25-29(20)12-2-4-31-5-3-12/h6-8,11-12,14H,2-5,9-10H2,1H3,(H,26,27,30). The summed E-state index contributed by atoms with van der Waals surface area (Å²) in [5.74, 6) is -3.66. The Hall–Kier alpha value is -2.92. The maximum absolute atomic E-state index is 13.4. The lowest BCUT2D eigenvalue weighted by molar-refractivity contribution is -0.00771. The average Bonchev–Trinajstić information content (AvgIpc) is 3.19. The van der Waals surface area contributed by atoms with E-state index in [9.17, 15) is 18.0 Å². The number of fused-ring (bicyclic) bond motifs is 1. The maximum atomic E-state index is 13.4. The van der Waals surface area contributed by atoms with Gasteiger partial charge in [-0.2, -0.15) is 5.10 Å². The fourth-order valence-electron chi connectivity index (χ4n) is 4.17. The van der Waals surface area contributed by atoms with Gasteiger partial charge < -0.3 is 14.5 Å². The van der Waals surface area contributed by atoms with Gasteiger partial charge in [-0.1, -0.05) is 0 Å². The lowest BCUT2D eigenvalue weighted by Crippen LogP contribution is -2.54. The highest BCUT2D eigenvalue weighted by Crippen LogP contribution is 2.28. The van der Waals surface area contributed by atoms with Crippen LogP contribution in [-0.2, 0) is 4.74 Å². The first-order valence-corrected chi connectivity index (χ1v) is 10.5. The van der Waals surface area contributed by atoms with Gasteiger partial charge >= 0.3 is 0 Å². The molecule has 2 aliphatic heterocycles. The molecule has 0 aliphatic carbocycles. The molecule has 1 aromatic carbocycles. The van der Waals surface area contributed by atoms with Crippen molar-refractivity contribution in [1.29, 1.82) is 0 Å². The van der Waals surface area contributed by atoms with E-state index in [4.69, 9.17) is 14.5 Å². The monoisotopic (exact) mass is 449 g/mol. The van der Waals surface area contributed by atoms with E-state index >= 15 is 0 Å². The van der Waals surface area contributed by atoms with Crippen LogP contribution in [0.1, 0.15) is 37.7 Å². The molecule has 0 radical (unpaired) electrons. The van der Waals surface area contributed by atoms with Crippen LogP contribution in [0, 0.1) is 17.5 Å². The van der Waals surface area contributed by atoms with E-state index in [0.29, 0.717) is 43.2 Å². The van der Waals surface area contributed by atoms with Crippen molar-refractivity contribution in [2.24, 2.45) is 0 Å². The lowest BCUT2D eigenvalue weighted by atomic mass is 10.1. The van der Waals surface area contributed by atoms with Gasteiger partial charge in [-0.25, -0.2) is 22.8 Å². The van der Waals surface area contributed by atoms with E-state index in [1.807, 2.05) is 16.5 Å². The second-order valence-electron chi connectivity index (χ2n) is 8.19. The summed E-state index contributed by atoms with van der Waals surface area (Å²) in [5.41, 5.74) is 0.300. The van der Waals surface area contributed by atoms with Crippen LogP contribution in [0.15, 0.2) is 23.1 Å². The first-order valence-electron chi connectivity index (χ1n) is 10.5. The lowest BCUT2D eigenvalue weighted by Gasteiger charge is -2.42. The zero-order valence-corrected chi connectivity index (χ0v) is 17.4. The van der Waals surface area contributed by atoms with Crippen LogP contribution in [-0.4, -0.2) is 57.1 Å². The Labute approximate surface area is 180 Å². The Morgan fingerprint density at radius 3 is 2.56 bits per heavy atom. The topological polar surface area (TPSA) is 85.3 Å². The number of aromatic nitrogens is 4. The molecule has 2 fully saturated rings.